The molecule has 0 spiro atoms. The molecule has 0 saturated heterocycles. The smallest absolute Gasteiger partial charge is 0.308 e. The minimum absolute atomic E-state index is 0.349. The van der Waals surface area contributed by atoms with E-state index in [0.29, 0.717) is 12.3 Å². The van der Waals surface area contributed by atoms with Gasteiger partial charge < -0.3 is 15.2 Å². The predicted octanol–water partition coefficient (Wildman–Crippen LogP) is 0.865. The van der Waals surface area contributed by atoms with Gasteiger partial charge in [-0.2, -0.15) is 0 Å². The molecule has 0 saturated carbocycles. The van der Waals surface area contributed by atoms with Crippen LogP contribution in [0, 0.1) is 0 Å². The Morgan fingerprint density at radius 3 is 2.53 bits per heavy atom. The molecule has 4 nitrogen and oxygen atoms in total. The summed E-state index contributed by atoms with van der Waals surface area (Å²) in [5.74, 6) is 0.140. The van der Waals surface area contributed by atoms with Gasteiger partial charge in [0.25, 0.3) is 0 Å². The summed E-state index contributed by atoms with van der Waals surface area (Å²) < 4.78 is 4.87. The zero-order chi connectivity index (χ0) is 11.3. The Balaban J connectivity index is 2.67. The number of nitrogens with one attached hydrogen (secondary N) is 1. The third-order valence-corrected chi connectivity index (χ3v) is 1.92. The van der Waals surface area contributed by atoms with E-state index < -0.39 is 6.10 Å². The number of benzene rings is 1. The second kappa shape index (κ2) is 5.48. The lowest BCUT2D eigenvalue weighted by Crippen LogP contribution is -2.16. The number of aliphatic hydroxyl groups excluding tert-OH is 1. The van der Waals surface area contributed by atoms with Crippen molar-refractivity contribution in [1.29, 1.82) is 0 Å². The number of ether oxygens (including phenoxy) is 1. The molecule has 0 bridgehead atoms. The summed E-state index contributed by atoms with van der Waals surface area (Å²) in [6.07, 6.45) is -0.540. The van der Waals surface area contributed by atoms with Crippen molar-refractivity contribution < 1.29 is 14.6 Å². The molecule has 2 N–H and O–H groups in total. The maximum absolute atomic E-state index is 10.7. The second-order valence-electron chi connectivity index (χ2n) is 3.24. The number of carbonyl (C=O) groups excluding carboxylic acids is 1. The van der Waals surface area contributed by atoms with Crippen molar-refractivity contribution in [3.05, 3.63) is 29.8 Å². The van der Waals surface area contributed by atoms with Gasteiger partial charge in [-0.25, -0.2) is 0 Å². The van der Waals surface area contributed by atoms with Crippen LogP contribution in [0.15, 0.2) is 24.3 Å². The molecule has 1 atom stereocenters. The van der Waals surface area contributed by atoms with Crippen LogP contribution in [0.2, 0.25) is 0 Å². The van der Waals surface area contributed by atoms with E-state index in [9.17, 15) is 9.90 Å². The van der Waals surface area contributed by atoms with Gasteiger partial charge in [0, 0.05) is 13.5 Å². The fraction of sp³-hybridized carbons (Fsp3) is 0.364. The fourth-order valence-corrected chi connectivity index (χ4v) is 1.24. The highest BCUT2D eigenvalue weighted by Crippen LogP contribution is 2.17. The zero-order valence-corrected chi connectivity index (χ0v) is 8.86. The highest BCUT2D eigenvalue weighted by Gasteiger charge is 2.06. The first kappa shape index (κ1) is 11.7. The van der Waals surface area contributed by atoms with E-state index in [1.165, 1.54) is 6.92 Å². The van der Waals surface area contributed by atoms with Gasteiger partial charge in [-0.3, -0.25) is 4.79 Å². The normalized spacial score (nSPS) is 12.2. The van der Waals surface area contributed by atoms with Crippen LogP contribution in [0.25, 0.3) is 0 Å². The Kier molecular flexibility index (Phi) is 4.27. The average molecular weight is 209 g/mol. The van der Waals surface area contributed by atoms with Crippen molar-refractivity contribution in [2.75, 3.05) is 13.6 Å². The van der Waals surface area contributed by atoms with Crippen molar-refractivity contribution in [2.45, 2.75) is 13.0 Å². The van der Waals surface area contributed by atoms with E-state index >= 15 is 0 Å². The predicted molar refractivity (Wildman–Crippen MR) is 56.6 cm³/mol. The summed E-state index contributed by atoms with van der Waals surface area (Å²) >= 11 is 0. The molecule has 0 unspecified atom stereocenters. The van der Waals surface area contributed by atoms with Crippen LogP contribution in [-0.4, -0.2) is 24.7 Å². The van der Waals surface area contributed by atoms with Crippen LogP contribution in [0.4, 0.5) is 0 Å². The molecule has 1 aromatic carbocycles. The molecule has 1 rings (SSSR count). The number of esters is 1. The summed E-state index contributed by atoms with van der Waals surface area (Å²) in [5.41, 5.74) is 0.792. The SMILES string of the molecule is CNC[C@H](O)c1ccc(OC(C)=O)cc1. The van der Waals surface area contributed by atoms with Gasteiger partial charge >= 0.3 is 5.97 Å². The number of carbonyl (C=O) groups is 1. The topological polar surface area (TPSA) is 58.6 Å². The summed E-state index contributed by atoms with van der Waals surface area (Å²) in [6.45, 7) is 1.84. The lowest BCUT2D eigenvalue weighted by molar-refractivity contribution is -0.131. The van der Waals surface area contributed by atoms with Crippen LogP contribution >= 0.6 is 0 Å². The maximum atomic E-state index is 10.7. The van der Waals surface area contributed by atoms with E-state index in [4.69, 9.17) is 4.74 Å². The van der Waals surface area contributed by atoms with Gasteiger partial charge in [-0.05, 0) is 24.7 Å². The highest BCUT2D eigenvalue weighted by molar-refractivity contribution is 5.69. The second-order valence-corrected chi connectivity index (χ2v) is 3.24. The van der Waals surface area contributed by atoms with Crippen molar-refractivity contribution in [3.8, 4) is 5.75 Å². The summed E-state index contributed by atoms with van der Waals surface area (Å²) in [4.78, 5) is 10.7. The molecule has 0 aliphatic carbocycles. The molecule has 82 valence electrons. The van der Waals surface area contributed by atoms with Crippen LogP contribution < -0.4 is 10.1 Å². The standard InChI is InChI=1S/C11H15NO3/c1-8(13)15-10-5-3-9(4-6-10)11(14)7-12-2/h3-6,11-12,14H,7H2,1-2H3/t11-/m0/s1. The minimum atomic E-state index is -0.540. The van der Waals surface area contributed by atoms with Gasteiger partial charge in [0.05, 0.1) is 6.10 Å². The Labute approximate surface area is 88.9 Å². The molecule has 0 fully saturated rings. The number of likely N-dealkylation sites (N-methyl/N-ethyl adjacent to an activating group) is 1. The molecule has 0 aromatic heterocycles. The average Bonchev–Trinajstić information content (AvgIpc) is 2.18. The molecular formula is C11H15NO3. The minimum Gasteiger partial charge on any atom is -0.427 e. The summed E-state index contributed by atoms with van der Waals surface area (Å²) in [6, 6.07) is 6.80. The number of hydrogen-bond acceptors (Lipinski definition) is 4. The van der Waals surface area contributed by atoms with Gasteiger partial charge in [-0.1, -0.05) is 12.1 Å². The van der Waals surface area contributed by atoms with E-state index in [-0.39, 0.29) is 5.97 Å². The first-order valence-corrected chi connectivity index (χ1v) is 4.74. The lowest BCUT2D eigenvalue weighted by atomic mass is 10.1. The number of aliphatic hydroxyl groups is 1. The molecular weight excluding hydrogens is 194 g/mol. The zero-order valence-electron chi connectivity index (χ0n) is 8.86. The van der Waals surface area contributed by atoms with E-state index in [1.807, 2.05) is 0 Å². The summed E-state index contributed by atoms with van der Waals surface area (Å²) in [7, 11) is 1.77. The van der Waals surface area contributed by atoms with Gasteiger partial charge in [0.2, 0.25) is 0 Å². The van der Waals surface area contributed by atoms with Gasteiger partial charge in [-0.15, -0.1) is 0 Å². The van der Waals surface area contributed by atoms with E-state index in [0.717, 1.165) is 5.56 Å². The third-order valence-electron chi connectivity index (χ3n) is 1.92. The highest BCUT2D eigenvalue weighted by atomic mass is 16.5. The van der Waals surface area contributed by atoms with Gasteiger partial charge in [0.1, 0.15) is 5.75 Å². The first-order chi connectivity index (χ1) is 7.13. The van der Waals surface area contributed by atoms with Crippen molar-refractivity contribution >= 4 is 5.97 Å². The molecule has 0 amide bonds. The number of hydrogen-bond donors (Lipinski definition) is 2. The molecule has 0 aliphatic heterocycles. The van der Waals surface area contributed by atoms with Crippen LogP contribution in [0.3, 0.4) is 0 Å². The first-order valence-electron chi connectivity index (χ1n) is 4.74. The fourth-order valence-electron chi connectivity index (χ4n) is 1.24. The molecule has 0 radical (unpaired) electrons. The Morgan fingerprint density at radius 2 is 2.07 bits per heavy atom. The van der Waals surface area contributed by atoms with E-state index in [1.54, 1.807) is 31.3 Å². The summed E-state index contributed by atoms with van der Waals surface area (Å²) in [5, 5.41) is 12.5. The number of rotatable bonds is 4. The van der Waals surface area contributed by atoms with E-state index in [2.05, 4.69) is 5.32 Å². The van der Waals surface area contributed by atoms with Crippen molar-refractivity contribution in [2.24, 2.45) is 0 Å². The van der Waals surface area contributed by atoms with Gasteiger partial charge in [0.15, 0.2) is 0 Å². The Morgan fingerprint density at radius 1 is 1.47 bits per heavy atom. The van der Waals surface area contributed by atoms with Crippen molar-refractivity contribution in [3.63, 3.8) is 0 Å². The largest absolute Gasteiger partial charge is 0.427 e. The van der Waals surface area contributed by atoms with Crippen LogP contribution in [0.5, 0.6) is 5.75 Å². The van der Waals surface area contributed by atoms with Crippen molar-refractivity contribution in [1.82, 2.24) is 5.32 Å². The molecule has 1 aromatic rings. The molecule has 0 heterocycles. The molecule has 0 aliphatic rings. The van der Waals surface area contributed by atoms with Crippen LogP contribution in [0.1, 0.15) is 18.6 Å². The van der Waals surface area contributed by atoms with Crippen LogP contribution in [-0.2, 0) is 4.79 Å². The quantitative estimate of drug-likeness (QED) is 0.570. The maximum Gasteiger partial charge on any atom is 0.308 e. The lowest BCUT2D eigenvalue weighted by Gasteiger charge is -2.10. The third kappa shape index (κ3) is 3.69. The Hall–Kier alpha value is -1.39. The molecule has 15 heavy (non-hydrogen) atoms. The monoisotopic (exact) mass is 209 g/mol. The molecule has 4 heteroatoms. The Bertz CT molecular complexity index is 321.